The average molecular weight is 332 g/mol. The number of hydrogen-bond acceptors (Lipinski definition) is 3. The molecule has 1 unspecified atom stereocenters. The Bertz CT molecular complexity index is 670. The topological polar surface area (TPSA) is 63.6 Å². The van der Waals surface area contributed by atoms with Gasteiger partial charge in [0.05, 0.1) is 12.8 Å². The zero-order chi connectivity index (χ0) is 16.7. The lowest BCUT2D eigenvalue weighted by atomic mass is 10.1. The van der Waals surface area contributed by atoms with E-state index in [4.69, 9.17) is 4.52 Å². The first-order chi connectivity index (χ1) is 11.0. The van der Waals surface area contributed by atoms with Crippen LogP contribution in [0.4, 0.5) is 0 Å². The lowest BCUT2D eigenvalue weighted by Crippen LogP contribution is -2.25. The number of hydrogen-bond donors (Lipinski definition) is 1. The minimum atomic E-state index is -3.37. The van der Waals surface area contributed by atoms with Gasteiger partial charge >= 0.3 is 5.97 Å². The van der Waals surface area contributed by atoms with Gasteiger partial charge in [-0.1, -0.05) is 60.7 Å². The Labute approximate surface area is 136 Å². The maximum absolute atomic E-state index is 13.3. The van der Waals surface area contributed by atoms with Gasteiger partial charge in [-0.05, 0) is 24.5 Å². The molecule has 0 saturated carbocycles. The summed E-state index contributed by atoms with van der Waals surface area (Å²) in [6, 6.07) is 18.5. The van der Waals surface area contributed by atoms with Crippen LogP contribution in [0.1, 0.15) is 18.1 Å². The van der Waals surface area contributed by atoms with Crippen LogP contribution < -0.4 is 0 Å². The molecule has 0 spiro atoms. The highest BCUT2D eigenvalue weighted by molar-refractivity contribution is 7.60. The minimum absolute atomic E-state index is 0.130. The monoisotopic (exact) mass is 332 g/mol. The Kier molecular flexibility index (Phi) is 6.14. The van der Waals surface area contributed by atoms with Crippen molar-refractivity contribution >= 4 is 13.3 Å². The molecule has 4 nitrogen and oxygen atoms in total. The molecule has 2 rings (SSSR count). The van der Waals surface area contributed by atoms with E-state index >= 15 is 0 Å². The van der Waals surface area contributed by atoms with E-state index in [-0.39, 0.29) is 19.2 Å². The van der Waals surface area contributed by atoms with Gasteiger partial charge in [0.2, 0.25) is 7.37 Å². The second-order valence-corrected chi connectivity index (χ2v) is 7.98. The molecule has 0 saturated heterocycles. The Hall–Kier alpha value is -1.90. The fourth-order valence-corrected chi connectivity index (χ4v) is 5.01. The maximum Gasteiger partial charge on any atom is 0.316 e. The molecule has 2 atom stereocenters. The molecular weight excluding hydrogens is 311 g/mol. The summed E-state index contributed by atoms with van der Waals surface area (Å²) in [6.45, 7) is 1.96. The van der Waals surface area contributed by atoms with Crippen LogP contribution in [0.15, 0.2) is 60.7 Å². The SMILES string of the molecule is CCOP(=O)(Cc1ccccc1)[C@@H](Cc1ccccc1)C(=O)O. The van der Waals surface area contributed by atoms with Gasteiger partial charge in [-0.2, -0.15) is 0 Å². The fourth-order valence-electron chi connectivity index (χ4n) is 2.53. The Morgan fingerprint density at radius 2 is 1.57 bits per heavy atom. The second kappa shape index (κ2) is 8.09. The van der Waals surface area contributed by atoms with E-state index in [0.717, 1.165) is 11.1 Å². The van der Waals surface area contributed by atoms with Gasteiger partial charge in [-0.25, -0.2) is 0 Å². The molecular formula is C18H21O4P. The van der Waals surface area contributed by atoms with E-state index in [0.29, 0.717) is 0 Å². The summed E-state index contributed by atoms with van der Waals surface area (Å²) in [7, 11) is -3.37. The molecule has 0 bridgehead atoms. The van der Waals surface area contributed by atoms with Gasteiger partial charge in [0.1, 0.15) is 5.66 Å². The van der Waals surface area contributed by atoms with E-state index in [1.54, 1.807) is 6.92 Å². The van der Waals surface area contributed by atoms with Gasteiger partial charge < -0.3 is 9.63 Å². The summed E-state index contributed by atoms with van der Waals surface area (Å²) in [5, 5.41) is 9.62. The number of aliphatic carboxylic acids is 1. The van der Waals surface area contributed by atoms with Gasteiger partial charge in [0.25, 0.3) is 0 Å². The van der Waals surface area contributed by atoms with Gasteiger partial charge in [-0.15, -0.1) is 0 Å². The van der Waals surface area contributed by atoms with Crippen LogP contribution in [0.5, 0.6) is 0 Å². The zero-order valence-electron chi connectivity index (χ0n) is 13.1. The van der Waals surface area contributed by atoms with Gasteiger partial charge in [0, 0.05) is 0 Å². The van der Waals surface area contributed by atoms with Crippen molar-refractivity contribution in [3.63, 3.8) is 0 Å². The quantitative estimate of drug-likeness (QED) is 0.736. The van der Waals surface area contributed by atoms with Crippen molar-refractivity contribution < 1.29 is 19.0 Å². The van der Waals surface area contributed by atoms with Crippen LogP contribution in [-0.2, 0) is 26.5 Å². The Morgan fingerprint density at radius 3 is 2.04 bits per heavy atom. The lowest BCUT2D eigenvalue weighted by molar-refractivity contribution is -0.136. The summed E-state index contributed by atoms with van der Waals surface area (Å²) >= 11 is 0. The number of carboxylic acids is 1. The van der Waals surface area contributed by atoms with E-state index in [2.05, 4.69) is 0 Å². The van der Waals surface area contributed by atoms with E-state index < -0.39 is 19.0 Å². The lowest BCUT2D eigenvalue weighted by Gasteiger charge is -2.24. The molecule has 122 valence electrons. The summed E-state index contributed by atoms with van der Waals surface area (Å²) in [4.78, 5) is 11.8. The number of rotatable bonds is 8. The molecule has 2 aromatic carbocycles. The summed E-state index contributed by atoms with van der Waals surface area (Å²) in [5.41, 5.74) is 0.613. The van der Waals surface area contributed by atoms with E-state index in [9.17, 15) is 14.5 Å². The zero-order valence-corrected chi connectivity index (χ0v) is 14.0. The van der Waals surface area contributed by atoms with Gasteiger partial charge in [0.15, 0.2) is 0 Å². The van der Waals surface area contributed by atoms with Crippen molar-refractivity contribution in [1.29, 1.82) is 0 Å². The fraction of sp³-hybridized carbons (Fsp3) is 0.278. The molecule has 0 aliphatic carbocycles. The Morgan fingerprint density at radius 1 is 1.04 bits per heavy atom. The number of carboxylic acid groups (broad SMARTS) is 1. The van der Waals surface area contributed by atoms with Crippen molar-refractivity contribution in [1.82, 2.24) is 0 Å². The van der Waals surface area contributed by atoms with Crippen molar-refractivity contribution in [2.24, 2.45) is 0 Å². The molecule has 0 aromatic heterocycles. The van der Waals surface area contributed by atoms with E-state index in [1.807, 2.05) is 60.7 Å². The average Bonchev–Trinajstić information content (AvgIpc) is 2.54. The minimum Gasteiger partial charge on any atom is -0.481 e. The third kappa shape index (κ3) is 4.78. The summed E-state index contributed by atoms with van der Waals surface area (Å²) < 4.78 is 18.8. The van der Waals surface area contributed by atoms with Crippen LogP contribution in [0.25, 0.3) is 0 Å². The number of benzene rings is 2. The van der Waals surface area contributed by atoms with Crippen molar-refractivity contribution in [3.8, 4) is 0 Å². The normalized spacial score (nSPS) is 14.8. The predicted molar refractivity (Wildman–Crippen MR) is 90.9 cm³/mol. The Balaban J connectivity index is 2.30. The molecule has 0 heterocycles. The van der Waals surface area contributed by atoms with Crippen molar-refractivity contribution in [2.45, 2.75) is 25.2 Å². The first kappa shape index (κ1) is 17.5. The maximum atomic E-state index is 13.3. The molecule has 1 N–H and O–H groups in total. The third-order valence-corrected chi connectivity index (χ3v) is 6.48. The molecule has 5 heteroatoms. The van der Waals surface area contributed by atoms with Gasteiger partial charge in [-0.3, -0.25) is 9.36 Å². The first-order valence-corrected chi connectivity index (χ1v) is 9.47. The molecule has 0 aliphatic rings. The van der Waals surface area contributed by atoms with Crippen LogP contribution in [-0.4, -0.2) is 23.3 Å². The van der Waals surface area contributed by atoms with Crippen LogP contribution in [0.3, 0.4) is 0 Å². The molecule has 0 fully saturated rings. The standard InChI is InChI=1S/C18H21O4P/c1-2-22-23(21,14-16-11-7-4-8-12-16)17(18(19)20)13-15-9-5-3-6-10-15/h3-12,17H,2,13-14H2,1H3,(H,19,20)/t17-,23?/m0/s1. The van der Waals surface area contributed by atoms with Crippen molar-refractivity contribution in [3.05, 3.63) is 71.8 Å². The van der Waals surface area contributed by atoms with Crippen LogP contribution in [0, 0.1) is 0 Å². The summed E-state index contributed by atoms with van der Waals surface area (Å²) in [6.07, 6.45) is 0.325. The molecule has 0 radical (unpaired) electrons. The van der Waals surface area contributed by atoms with Crippen LogP contribution in [0.2, 0.25) is 0 Å². The third-order valence-electron chi connectivity index (χ3n) is 3.63. The molecule has 0 amide bonds. The highest BCUT2D eigenvalue weighted by atomic mass is 31.2. The highest BCUT2D eigenvalue weighted by Gasteiger charge is 2.39. The van der Waals surface area contributed by atoms with Crippen molar-refractivity contribution in [2.75, 3.05) is 6.61 Å². The van der Waals surface area contributed by atoms with Crippen LogP contribution >= 0.6 is 7.37 Å². The smallest absolute Gasteiger partial charge is 0.316 e. The molecule has 0 aliphatic heterocycles. The van der Waals surface area contributed by atoms with E-state index in [1.165, 1.54) is 0 Å². The highest BCUT2D eigenvalue weighted by Crippen LogP contribution is 2.55. The first-order valence-electron chi connectivity index (χ1n) is 7.59. The molecule has 2 aromatic rings. The second-order valence-electron chi connectivity index (χ2n) is 5.33. The predicted octanol–water partition coefficient (Wildman–Crippen LogP) is 4.20. The summed E-state index contributed by atoms with van der Waals surface area (Å²) in [5.74, 6) is -1.08. The largest absolute Gasteiger partial charge is 0.481 e. The number of carbonyl (C=O) groups is 1. The molecule has 23 heavy (non-hydrogen) atoms.